The van der Waals surface area contributed by atoms with Crippen molar-refractivity contribution >= 4 is 16.9 Å². The van der Waals surface area contributed by atoms with Crippen LogP contribution < -0.4 is 10.5 Å². The molecule has 0 aliphatic carbocycles. The van der Waals surface area contributed by atoms with Gasteiger partial charge in [-0.05, 0) is 28.2 Å². The van der Waals surface area contributed by atoms with Gasteiger partial charge in [0.25, 0.3) is 0 Å². The summed E-state index contributed by atoms with van der Waals surface area (Å²) in [7, 11) is 1.71. The van der Waals surface area contributed by atoms with E-state index < -0.39 is 0 Å². The summed E-state index contributed by atoms with van der Waals surface area (Å²) >= 11 is 0. The minimum atomic E-state index is -0.228. The first-order valence-corrected chi connectivity index (χ1v) is 10.1. The molecule has 0 spiro atoms. The molecule has 154 valence electrons. The number of H-pyrrole nitrogens is 1. The van der Waals surface area contributed by atoms with Crippen LogP contribution in [-0.2, 0) is 5.41 Å². The molecule has 5 heteroatoms. The van der Waals surface area contributed by atoms with Crippen molar-refractivity contribution in [1.82, 2.24) is 15.0 Å². The highest BCUT2D eigenvalue weighted by Gasteiger charge is 2.42. The van der Waals surface area contributed by atoms with Crippen LogP contribution in [0.15, 0.2) is 61.1 Å². The molecule has 1 unspecified atom stereocenters. The number of fused-ring (bicyclic) bond motifs is 1. The summed E-state index contributed by atoms with van der Waals surface area (Å²) in [6, 6.07) is 14.9. The van der Waals surface area contributed by atoms with Gasteiger partial charge in [0, 0.05) is 35.0 Å². The van der Waals surface area contributed by atoms with Gasteiger partial charge in [0.1, 0.15) is 5.75 Å². The number of rotatable bonds is 4. The third kappa shape index (κ3) is 3.11. The fourth-order valence-electron chi connectivity index (χ4n) is 4.19. The standard InChI is InChI=1S/C25H28N4O/c1-24(2,3)25(4,20-15-27-22-19(20)7-6-8-21(22)30-5)18-11-9-16(10-12-18)17-13-28-23(26)29-14-17/h6-15,27H,1-5H3,(H2,26,28,29). The van der Waals surface area contributed by atoms with Gasteiger partial charge in [0.15, 0.2) is 0 Å². The van der Waals surface area contributed by atoms with E-state index >= 15 is 0 Å². The van der Waals surface area contributed by atoms with Gasteiger partial charge in [-0.15, -0.1) is 0 Å². The monoisotopic (exact) mass is 400 g/mol. The zero-order valence-electron chi connectivity index (χ0n) is 18.2. The molecule has 0 saturated heterocycles. The number of nitrogens with zero attached hydrogens (tertiary/aromatic N) is 2. The van der Waals surface area contributed by atoms with Gasteiger partial charge in [-0.2, -0.15) is 0 Å². The number of nitrogens with one attached hydrogen (secondary N) is 1. The molecule has 0 aliphatic rings. The van der Waals surface area contributed by atoms with Crippen molar-refractivity contribution in [2.75, 3.05) is 12.8 Å². The summed E-state index contributed by atoms with van der Waals surface area (Å²) in [5.74, 6) is 1.14. The van der Waals surface area contributed by atoms with Gasteiger partial charge in [0.2, 0.25) is 5.95 Å². The lowest BCUT2D eigenvalue weighted by Crippen LogP contribution is -2.38. The van der Waals surface area contributed by atoms with Gasteiger partial charge in [0.05, 0.1) is 12.6 Å². The lowest BCUT2D eigenvalue weighted by atomic mass is 9.60. The van der Waals surface area contributed by atoms with Crippen molar-refractivity contribution in [3.63, 3.8) is 0 Å². The second-order valence-electron chi connectivity index (χ2n) is 8.87. The SMILES string of the molecule is COc1cccc2c(C(C)(c3ccc(-c4cnc(N)nc4)cc3)C(C)(C)C)c[nH]c12. The Labute approximate surface area is 177 Å². The predicted molar refractivity (Wildman–Crippen MR) is 123 cm³/mol. The Morgan fingerprint density at radius 2 is 1.57 bits per heavy atom. The smallest absolute Gasteiger partial charge is 0.219 e. The van der Waals surface area contributed by atoms with E-state index in [9.17, 15) is 0 Å². The molecule has 4 rings (SSSR count). The van der Waals surface area contributed by atoms with Gasteiger partial charge >= 0.3 is 0 Å². The minimum Gasteiger partial charge on any atom is -0.495 e. The molecule has 2 aromatic heterocycles. The number of methoxy groups -OCH3 is 1. The number of benzene rings is 2. The van der Waals surface area contributed by atoms with Gasteiger partial charge in [-0.25, -0.2) is 9.97 Å². The molecule has 0 saturated carbocycles. The summed E-state index contributed by atoms with van der Waals surface area (Å²) in [5.41, 5.74) is 10.9. The van der Waals surface area contributed by atoms with E-state index in [0.717, 1.165) is 22.4 Å². The molecule has 1 atom stereocenters. The fourth-order valence-corrected chi connectivity index (χ4v) is 4.19. The molecular formula is C25H28N4O. The third-order valence-electron chi connectivity index (χ3n) is 6.40. The first-order chi connectivity index (χ1) is 14.3. The van der Waals surface area contributed by atoms with E-state index in [2.05, 4.69) is 79.2 Å². The van der Waals surface area contributed by atoms with Crippen LogP contribution in [0, 0.1) is 5.41 Å². The lowest BCUT2D eigenvalue weighted by Gasteiger charge is -2.43. The molecule has 4 aromatic rings. The normalized spacial score (nSPS) is 13.9. The van der Waals surface area contributed by atoms with Crippen molar-refractivity contribution in [2.24, 2.45) is 5.41 Å². The number of para-hydroxylation sites is 1. The Hall–Kier alpha value is -3.34. The number of anilines is 1. The van der Waals surface area contributed by atoms with E-state index in [0.29, 0.717) is 0 Å². The summed E-state index contributed by atoms with van der Waals surface area (Å²) in [6.07, 6.45) is 5.64. The van der Waals surface area contributed by atoms with Crippen LogP contribution in [0.1, 0.15) is 38.8 Å². The molecule has 30 heavy (non-hydrogen) atoms. The molecule has 2 heterocycles. The Kier molecular flexibility index (Phi) is 4.77. The average Bonchev–Trinajstić information content (AvgIpc) is 3.17. The minimum absolute atomic E-state index is 0.0307. The van der Waals surface area contributed by atoms with Crippen LogP contribution in [0.25, 0.3) is 22.0 Å². The lowest BCUT2D eigenvalue weighted by molar-refractivity contribution is 0.251. The van der Waals surface area contributed by atoms with Crippen LogP contribution in [0.2, 0.25) is 0 Å². The molecule has 0 radical (unpaired) electrons. The van der Waals surface area contributed by atoms with Crippen LogP contribution in [-0.4, -0.2) is 22.1 Å². The van der Waals surface area contributed by atoms with Crippen molar-refractivity contribution in [3.8, 4) is 16.9 Å². The predicted octanol–water partition coefficient (Wildman–Crippen LogP) is 5.57. The highest BCUT2D eigenvalue weighted by atomic mass is 16.5. The van der Waals surface area contributed by atoms with E-state index in [1.54, 1.807) is 19.5 Å². The fraction of sp³-hybridized carbons (Fsp3) is 0.280. The zero-order valence-corrected chi connectivity index (χ0v) is 18.2. The maximum Gasteiger partial charge on any atom is 0.219 e. The number of aromatic nitrogens is 3. The number of aromatic amines is 1. The van der Waals surface area contributed by atoms with Crippen molar-refractivity contribution in [1.29, 1.82) is 0 Å². The average molecular weight is 401 g/mol. The second-order valence-corrected chi connectivity index (χ2v) is 8.87. The van der Waals surface area contributed by atoms with Crippen molar-refractivity contribution < 1.29 is 4.74 Å². The number of hydrogen-bond acceptors (Lipinski definition) is 4. The molecule has 3 N–H and O–H groups in total. The summed E-state index contributed by atoms with van der Waals surface area (Å²) in [4.78, 5) is 11.7. The van der Waals surface area contributed by atoms with E-state index in [1.807, 2.05) is 12.1 Å². The topological polar surface area (TPSA) is 76.8 Å². The molecule has 0 fully saturated rings. The van der Waals surface area contributed by atoms with E-state index in [4.69, 9.17) is 10.5 Å². The van der Waals surface area contributed by atoms with Crippen LogP contribution in [0.5, 0.6) is 5.75 Å². The van der Waals surface area contributed by atoms with Crippen LogP contribution in [0.4, 0.5) is 5.95 Å². The summed E-state index contributed by atoms with van der Waals surface area (Å²) in [6.45, 7) is 9.17. The molecule has 0 aliphatic heterocycles. The summed E-state index contributed by atoms with van der Waals surface area (Å²) in [5, 5.41) is 1.18. The second kappa shape index (κ2) is 7.17. The largest absolute Gasteiger partial charge is 0.495 e. The Bertz CT molecular complexity index is 1170. The highest BCUT2D eigenvalue weighted by molar-refractivity contribution is 5.90. The summed E-state index contributed by atoms with van der Waals surface area (Å²) < 4.78 is 5.57. The number of hydrogen-bond donors (Lipinski definition) is 2. The molecular weight excluding hydrogens is 372 g/mol. The quantitative estimate of drug-likeness (QED) is 0.470. The first-order valence-electron chi connectivity index (χ1n) is 10.1. The maximum absolute atomic E-state index is 5.62. The first kappa shape index (κ1) is 20.0. The third-order valence-corrected chi connectivity index (χ3v) is 6.40. The van der Waals surface area contributed by atoms with Gasteiger partial charge < -0.3 is 15.5 Å². The Morgan fingerprint density at radius 3 is 2.17 bits per heavy atom. The highest BCUT2D eigenvalue weighted by Crippen LogP contribution is 2.49. The number of ether oxygens (including phenoxy) is 1. The Balaban J connectivity index is 1.85. The van der Waals surface area contributed by atoms with E-state index in [-0.39, 0.29) is 16.8 Å². The maximum atomic E-state index is 5.62. The van der Waals surface area contributed by atoms with E-state index in [1.165, 1.54) is 16.5 Å². The number of nitrogen functional groups attached to an aromatic ring is 1. The van der Waals surface area contributed by atoms with Crippen LogP contribution >= 0.6 is 0 Å². The van der Waals surface area contributed by atoms with Gasteiger partial charge in [-0.3, -0.25) is 0 Å². The van der Waals surface area contributed by atoms with Gasteiger partial charge in [-0.1, -0.05) is 64.1 Å². The Morgan fingerprint density at radius 1 is 0.900 bits per heavy atom. The number of nitrogens with two attached hydrogens (primary N) is 1. The molecule has 2 aromatic carbocycles. The molecule has 5 nitrogen and oxygen atoms in total. The van der Waals surface area contributed by atoms with Crippen molar-refractivity contribution in [2.45, 2.75) is 33.1 Å². The molecule has 0 bridgehead atoms. The van der Waals surface area contributed by atoms with Crippen molar-refractivity contribution in [3.05, 3.63) is 72.2 Å². The van der Waals surface area contributed by atoms with Crippen LogP contribution in [0.3, 0.4) is 0 Å². The zero-order chi connectivity index (χ0) is 21.5. The molecule has 0 amide bonds.